The number of para-hydroxylation sites is 2. The maximum Gasteiger partial charge on any atom is 0.153 e. The summed E-state index contributed by atoms with van der Waals surface area (Å²) in [7, 11) is 0. The Labute approximate surface area is 116 Å². The summed E-state index contributed by atoms with van der Waals surface area (Å²) in [5.41, 5.74) is 5.29. The minimum absolute atomic E-state index is 0.684. The van der Waals surface area contributed by atoms with Crippen molar-refractivity contribution < 1.29 is 4.74 Å². The van der Waals surface area contributed by atoms with Gasteiger partial charge in [-0.15, -0.1) is 0 Å². The first-order valence-electron chi connectivity index (χ1n) is 6.78. The van der Waals surface area contributed by atoms with Gasteiger partial charge in [0.1, 0.15) is 12.4 Å². The molecule has 0 fully saturated rings. The highest BCUT2D eigenvalue weighted by Crippen LogP contribution is 2.37. The van der Waals surface area contributed by atoms with E-state index in [9.17, 15) is 0 Å². The number of hydrogen-bond acceptors (Lipinski definition) is 3. The Hall–Kier alpha value is -2.49. The van der Waals surface area contributed by atoms with Crippen molar-refractivity contribution in [3.05, 3.63) is 42.0 Å². The van der Waals surface area contributed by atoms with E-state index in [1.54, 1.807) is 0 Å². The van der Waals surface area contributed by atoms with Crippen LogP contribution in [0.4, 0.5) is 5.69 Å². The van der Waals surface area contributed by atoms with Crippen LogP contribution < -0.4 is 10.1 Å². The lowest BCUT2D eigenvalue weighted by molar-refractivity contribution is 0.324. The van der Waals surface area contributed by atoms with Crippen molar-refractivity contribution in [2.45, 2.75) is 6.92 Å². The Morgan fingerprint density at radius 1 is 1.15 bits per heavy atom. The van der Waals surface area contributed by atoms with Gasteiger partial charge in [0.2, 0.25) is 0 Å². The number of nitrogens with one attached hydrogen (secondary N) is 2. The SMILES string of the molecule is Cc1cccc2[nH]c(-c3cccc4c3OCCN4)nc12. The van der Waals surface area contributed by atoms with Gasteiger partial charge in [-0.2, -0.15) is 0 Å². The summed E-state index contributed by atoms with van der Waals surface area (Å²) in [4.78, 5) is 8.11. The van der Waals surface area contributed by atoms with Gasteiger partial charge in [0.05, 0.1) is 22.3 Å². The Balaban J connectivity index is 1.93. The van der Waals surface area contributed by atoms with E-state index < -0.39 is 0 Å². The molecule has 0 aliphatic carbocycles. The molecule has 1 aromatic heterocycles. The zero-order valence-electron chi connectivity index (χ0n) is 11.2. The quantitative estimate of drug-likeness (QED) is 0.709. The predicted molar refractivity (Wildman–Crippen MR) is 80.3 cm³/mol. The Bertz CT molecular complexity index is 792. The molecule has 3 aromatic rings. The van der Waals surface area contributed by atoms with Gasteiger partial charge in [-0.3, -0.25) is 0 Å². The first-order valence-corrected chi connectivity index (χ1v) is 6.78. The summed E-state index contributed by atoms with van der Waals surface area (Å²) in [6.45, 7) is 3.60. The number of hydrogen-bond donors (Lipinski definition) is 2. The third-order valence-electron chi connectivity index (χ3n) is 3.65. The lowest BCUT2D eigenvalue weighted by Crippen LogP contribution is -2.18. The van der Waals surface area contributed by atoms with Crippen LogP contribution in [-0.4, -0.2) is 23.1 Å². The second-order valence-electron chi connectivity index (χ2n) is 5.01. The van der Waals surface area contributed by atoms with Gasteiger partial charge in [0.25, 0.3) is 0 Å². The number of H-pyrrole nitrogens is 1. The zero-order chi connectivity index (χ0) is 13.5. The van der Waals surface area contributed by atoms with Gasteiger partial charge in [-0.1, -0.05) is 18.2 Å². The number of anilines is 1. The minimum Gasteiger partial charge on any atom is -0.489 e. The average molecular weight is 265 g/mol. The van der Waals surface area contributed by atoms with Gasteiger partial charge in [-0.25, -0.2) is 4.98 Å². The van der Waals surface area contributed by atoms with Gasteiger partial charge in [-0.05, 0) is 30.7 Å². The fourth-order valence-electron chi connectivity index (χ4n) is 2.66. The minimum atomic E-state index is 0.684. The first-order chi connectivity index (χ1) is 9.83. The van der Waals surface area contributed by atoms with Crippen molar-refractivity contribution >= 4 is 16.7 Å². The molecule has 0 unspecified atom stereocenters. The van der Waals surface area contributed by atoms with Gasteiger partial charge in [0, 0.05) is 6.54 Å². The van der Waals surface area contributed by atoms with Crippen LogP contribution in [0.2, 0.25) is 0 Å². The molecular formula is C16H15N3O. The van der Waals surface area contributed by atoms with Crippen LogP contribution in [0, 0.1) is 6.92 Å². The number of ether oxygens (including phenoxy) is 1. The Morgan fingerprint density at radius 2 is 2.05 bits per heavy atom. The second kappa shape index (κ2) is 4.27. The van der Waals surface area contributed by atoms with Gasteiger partial charge in [0.15, 0.2) is 5.75 Å². The zero-order valence-corrected chi connectivity index (χ0v) is 11.2. The molecule has 2 N–H and O–H groups in total. The molecule has 2 aromatic carbocycles. The molecule has 4 heteroatoms. The van der Waals surface area contributed by atoms with Crippen LogP contribution in [0.5, 0.6) is 5.75 Å². The largest absolute Gasteiger partial charge is 0.489 e. The number of fused-ring (bicyclic) bond motifs is 2. The molecule has 100 valence electrons. The number of nitrogens with zero attached hydrogens (tertiary/aromatic N) is 1. The Kier molecular flexibility index (Phi) is 2.42. The van der Waals surface area contributed by atoms with Crippen LogP contribution in [0.3, 0.4) is 0 Å². The summed E-state index contributed by atoms with van der Waals surface area (Å²) in [5.74, 6) is 1.74. The third kappa shape index (κ3) is 1.65. The second-order valence-corrected chi connectivity index (χ2v) is 5.01. The lowest BCUT2D eigenvalue weighted by atomic mass is 10.1. The maximum atomic E-state index is 5.81. The number of aryl methyl sites for hydroxylation is 1. The van der Waals surface area contributed by atoms with E-state index in [0.29, 0.717) is 6.61 Å². The standard InChI is InChI=1S/C16H15N3O/c1-10-4-2-6-12-14(10)19-16(18-12)11-5-3-7-13-15(11)20-9-8-17-13/h2-7,17H,8-9H2,1H3,(H,18,19). The molecule has 0 saturated heterocycles. The topological polar surface area (TPSA) is 49.9 Å². The molecular weight excluding hydrogens is 250 g/mol. The summed E-state index contributed by atoms with van der Waals surface area (Å²) < 4.78 is 5.81. The molecule has 1 aliphatic rings. The van der Waals surface area contributed by atoms with Crippen molar-refractivity contribution in [3.63, 3.8) is 0 Å². The lowest BCUT2D eigenvalue weighted by Gasteiger charge is -2.20. The van der Waals surface area contributed by atoms with E-state index in [0.717, 1.165) is 40.4 Å². The van der Waals surface area contributed by atoms with Crippen LogP contribution in [0.25, 0.3) is 22.4 Å². The number of aromatic nitrogens is 2. The number of rotatable bonds is 1. The van der Waals surface area contributed by atoms with Crippen molar-refractivity contribution in [2.24, 2.45) is 0 Å². The van der Waals surface area contributed by atoms with Crippen molar-refractivity contribution in [1.82, 2.24) is 9.97 Å². The van der Waals surface area contributed by atoms with Crippen molar-refractivity contribution in [2.75, 3.05) is 18.5 Å². The number of imidazole rings is 1. The van der Waals surface area contributed by atoms with Crippen LogP contribution in [0.15, 0.2) is 36.4 Å². The van der Waals surface area contributed by atoms with Crippen molar-refractivity contribution in [3.8, 4) is 17.1 Å². The highest BCUT2D eigenvalue weighted by atomic mass is 16.5. The van der Waals surface area contributed by atoms with Crippen LogP contribution >= 0.6 is 0 Å². The molecule has 0 bridgehead atoms. The summed E-state index contributed by atoms with van der Waals surface area (Å²) >= 11 is 0. The summed E-state index contributed by atoms with van der Waals surface area (Å²) in [6, 6.07) is 12.3. The third-order valence-corrected chi connectivity index (χ3v) is 3.65. The van der Waals surface area contributed by atoms with Crippen LogP contribution in [0.1, 0.15) is 5.56 Å². The number of benzene rings is 2. The first kappa shape index (κ1) is 11.3. The fraction of sp³-hybridized carbons (Fsp3) is 0.188. The smallest absolute Gasteiger partial charge is 0.153 e. The van der Waals surface area contributed by atoms with Gasteiger partial charge < -0.3 is 15.0 Å². The predicted octanol–water partition coefficient (Wildman–Crippen LogP) is 3.34. The molecule has 0 spiro atoms. The molecule has 4 rings (SSSR count). The monoisotopic (exact) mass is 265 g/mol. The van der Waals surface area contributed by atoms with E-state index in [1.807, 2.05) is 30.3 Å². The van der Waals surface area contributed by atoms with Gasteiger partial charge >= 0.3 is 0 Å². The fourth-order valence-corrected chi connectivity index (χ4v) is 2.66. The van der Waals surface area contributed by atoms with Crippen LogP contribution in [-0.2, 0) is 0 Å². The number of aromatic amines is 1. The van der Waals surface area contributed by atoms with E-state index in [4.69, 9.17) is 9.72 Å². The molecule has 1 aliphatic heterocycles. The highest BCUT2D eigenvalue weighted by Gasteiger charge is 2.17. The molecule has 0 radical (unpaired) electrons. The molecule has 0 saturated carbocycles. The highest BCUT2D eigenvalue weighted by molar-refractivity contribution is 5.85. The van der Waals surface area contributed by atoms with E-state index in [-0.39, 0.29) is 0 Å². The summed E-state index contributed by atoms with van der Waals surface area (Å²) in [6.07, 6.45) is 0. The van der Waals surface area contributed by atoms with E-state index in [1.165, 1.54) is 5.56 Å². The maximum absolute atomic E-state index is 5.81. The Morgan fingerprint density at radius 3 is 2.95 bits per heavy atom. The average Bonchev–Trinajstić information content (AvgIpc) is 2.92. The molecule has 20 heavy (non-hydrogen) atoms. The molecule has 0 atom stereocenters. The molecule has 4 nitrogen and oxygen atoms in total. The van der Waals surface area contributed by atoms with E-state index in [2.05, 4.69) is 23.3 Å². The molecule has 2 heterocycles. The van der Waals surface area contributed by atoms with Crippen molar-refractivity contribution in [1.29, 1.82) is 0 Å². The van der Waals surface area contributed by atoms with E-state index >= 15 is 0 Å². The summed E-state index contributed by atoms with van der Waals surface area (Å²) in [5, 5.41) is 3.35. The normalized spacial score (nSPS) is 13.7. The molecule has 0 amide bonds.